The monoisotopic (exact) mass is 327 g/mol. The topological polar surface area (TPSA) is 47.0 Å². The van der Waals surface area contributed by atoms with Gasteiger partial charge in [-0.1, -0.05) is 0 Å². The molecule has 2 heterocycles. The number of halogens is 4. The van der Waals surface area contributed by atoms with Crippen LogP contribution >= 0.6 is 0 Å². The Bertz CT molecular complexity index is 696. The third-order valence-electron chi connectivity index (χ3n) is 3.43. The number of nitrogens with one attached hydrogen (secondary N) is 1. The number of ether oxygens (including phenoxy) is 1. The van der Waals surface area contributed by atoms with E-state index < -0.39 is 29.2 Å². The molecule has 0 saturated heterocycles. The number of pyridine rings is 2. The Morgan fingerprint density at radius 2 is 1.83 bits per heavy atom. The van der Waals surface area contributed by atoms with Crippen molar-refractivity contribution in [2.24, 2.45) is 5.92 Å². The lowest BCUT2D eigenvalue weighted by molar-refractivity contribution is 0.288. The summed E-state index contributed by atoms with van der Waals surface area (Å²) >= 11 is 0. The van der Waals surface area contributed by atoms with Crippen LogP contribution in [-0.2, 0) is 6.54 Å². The van der Waals surface area contributed by atoms with Crippen LogP contribution in [0, 0.1) is 29.4 Å². The minimum Gasteiger partial charge on any atom is -0.477 e. The molecule has 0 bridgehead atoms. The molecular weight excluding hydrogens is 314 g/mol. The molecule has 0 atom stereocenters. The Morgan fingerprint density at radius 1 is 1.13 bits per heavy atom. The van der Waals surface area contributed by atoms with Crippen LogP contribution in [0.1, 0.15) is 18.4 Å². The molecule has 0 aromatic carbocycles. The van der Waals surface area contributed by atoms with Crippen LogP contribution in [0.5, 0.6) is 5.88 Å². The van der Waals surface area contributed by atoms with Gasteiger partial charge >= 0.3 is 0 Å². The van der Waals surface area contributed by atoms with Crippen molar-refractivity contribution in [3.05, 3.63) is 47.4 Å². The first-order chi connectivity index (χ1) is 11.0. The van der Waals surface area contributed by atoms with Crippen LogP contribution in [0.4, 0.5) is 23.2 Å². The Balaban J connectivity index is 1.69. The molecule has 2 aromatic heterocycles. The summed E-state index contributed by atoms with van der Waals surface area (Å²) in [5.41, 5.74) is -0.297. The average Bonchev–Trinajstić information content (AvgIpc) is 3.36. The van der Waals surface area contributed by atoms with E-state index >= 15 is 0 Å². The van der Waals surface area contributed by atoms with Gasteiger partial charge in [0.1, 0.15) is 5.69 Å². The Kier molecular flexibility index (Phi) is 4.31. The highest BCUT2D eigenvalue weighted by Gasteiger charge is 2.22. The minimum atomic E-state index is -1.70. The van der Waals surface area contributed by atoms with Crippen molar-refractivity contribution in [2.75, 3.05) is 11.9 Å². The van der Waals surface area contributed by atoms with Gasteiger partial charge in [-0.25, -0.2) is 4.98 Å². The Labute approximate surface area is 129 Å². The van der Waals surface area contributed by atoms with Gasteiger partial charge in [-0.05, 0) is 30.4 Å². The smallest absolute Gasteiger partial charge is 0.253 e. The van der Waals surface area contributed by atoms with E-state index in [4.69, 9.17) is 4.74 Å². The second kappa shape index (κ2) is 6.39. The maximum absolute atomic E-state index is 13.5. The van der Waals surface area contributed by atoms with Gasteiger partial charge in [-0.15, -0.1) is 0 Å². The minimum absolute atomic E-state index is 0.0565. The van der Waals surface area contributed by atoms with Crippen molar-refractivity contribution in [1.29, 1.82) is 0 Å². The maximum Gasteiger partial charge on any atom is 0.253 e. The van der Waals surface area contributed by atoms with Crippen molar-refractivity contribution in [3.63, 3.8) is 0 Å². The zero-order chi connectivity index (χ0) is 16.4. The summed E-state index contributed by atoms with van der Waals surface area (Å²) in [5, 5.41) is 2.33. The number of aromatic nitrogens is 2. The molecule has 23 heavy (non-hydrogen) atoms. The zero-order valence-electron chi connectivity index (χ0n) is 12.0. The summed E-state index contributed by atoms with van der Waals surface area (Å²) in [5.74, 6) is -5.58. The fourth-order valence-corrected chi connectivity index (χ4v) is 1.96. The number of hydrogen-bond acceptors (Lipinski definition) is 4. The van der Waals surface area contributed by atoms with E-state index in [-0.39, 0.29) is 6.54 Å². The van der Waals surface area contributed by atoms with Crippen molar-refractivity contribution in [2.45, 2.75) is 19.4 Å². The van der Waals surface area contributed by atoms with Crippen LogP contribution in [0.3, 0.4) is 0 Å². The molecule has 1 aliphatic carbocycles. The fraction of sp³-hybridized carbons (Fsp3) is 0.333. The van der Waals surface area contributed by atoms with Gasteiger partial charge in [0, 0.05) is 18.8 Å². The summed E-state index contributed by atoms with van der Waals surface area (Å²) in [6.07, 6.45) is 3.76. The SMILES string of the molecule is Fc1nc(F)c(F)c(NCc2ccnc(OCC3CC3)c2)c1F. The van der Waals surface area contributed by atoms with E-state index in [1.54, 1.807) is 12.1 Å². The second-order valence-electron chi connectivity index (χ2n) is 5.31. The molecule has 1 saturated carbocycles. The van der Waals surface area contributed by atoms with Gasteiger partial charge in [0.05, 0.1) is 6.61 Å². The molecule has 1 aliphatic rings. The Hall–Kier alpha value is -2.38. The third kappa shape index (κ3) is 3.69. The van der Waals surface area contributed by atoms with Crippen molar-refractivity contribution in [1.82, 2.24) is 9.97 Å². The summed E-state index contributed by atoms with van der Waals surface area (Å²) < 4.78 is 58.5. The van der Waals surface area contributed by atoms with Gasteiger partial charge in [0.2, 0.25) is 17.5 Å². The lowest BCUT2D eigenvalue weighted by Gasteiger charge is -2.10. The predicted octanol–water partition coefficient (Wildman–Crippen LogP) is 3.43. The highest BCUT2D eigenvalue weighted by atomic mass is 19.2. The van der Waals surface area contributed by atoms with E-state index in [9.17, 15) is 17.6 Å². The molecule has 0 amide bonds. The number of anilines is 1. The Morgan fingerprint density at radius 3 is 2.48 bits per heavy atom. The summed E-state index contributed by atoms with van der Waals surface area (Å²) in [6, 6.07) is 3.19. The normalized spacial score (nSPS) is 13.9. The summed E-state index contributed by atoms with van der Waals surface area (Å²) in [4.78, 5) is 6.53. The van der Waals surface area contributed by atoms with Gasteiger partial charge in [-0.2, -0.15) is 22.5 Å². The largest absolute Gasteiger partial charge is 0.477 e. The van der Waals surface area contributed by atoms with E-state index in [2.05, 4.69) is 15.3 Å². The number of nitrogens with zero attached hydrogens (tertiary/aromatic N) is 2. The highest BCUT2D eigenvalue weighted by Crippen LogP contribution is 2.29. The molecule has 2 aromatic rings. The van der Waals surface area contributed by atoms with Crippen molar-refractivity contribution >= 4 is 5.69 Å². The highest BCUT2D eigenvalue weighted by molar-refractivity contribution is 5.46. The maximum atomic E-state index is 13.5. The van der Waals surface area contributed by atoms with E-state index in [1.165, 1.54) is 6.20 Å². The average molecular weight is 327 g/mol. The quantitative estimate of drug-likeness (QED) is 0.652. The molecule has 4 nitrogen and oxygen atoms in total. The molecule has 0 spiro atoms. The first-order valence-electron chi connectivity index (χ1n) is 7.06. The standard InChI is InChI=1S/C15H13F4N3O/c16-11-13(12(17)15(19)22-14(11)18)21-6-9-3-4-20-10(5-9)23-7-8-1-2-8/h3-5,8H,1-2,6-7H2,(H,21,22). The lowest BCUT2D eigenvalue weighted by atomic mass is 10.2. The van der Waals surface area contributed by atoms with Gasteiger partial charge < -0.3 is 10.1 Å². The zero-order valence-corrected chi connectivity index (χ0v) is 12.0. The molecule has 3 rings (SSSR count). The van der Waals surface area contributed by atoms with Crippen LogP contribution < -0.4 is 10.1 Å². The number of rotatable bonds is 6. The molecule has 1 N–H and O–H groups in total. The summed E-state index contributed by atoms with van der Waals surface area (Å²) in [6.45, 7) is 0.521. The molecule has 1 fully saturated rings. The van der Waals surface area contributed by atoms with Crippen LogP contribution in [-0.4, -0.2) is 16.6 Å². The predicted molar refractivity (Wildman–Crippen MR) is 73.9 cm³/mol. The molecule has 0 radical (unpaired) electrons. The fourth-order valence-electron chi connectivity index (χ4n) is 1.96. The van der Waals surface area contributed by atoms with E-state index in [0.717, 1.165) is 12.8 Å². The first kappa shape index (κ1) is 15.5. The molecule has 122 valence electrons. The molecule has 0 unspecified atom stereocenters. The van der Waals surface area contributed by atoms with Crippen LogP contribution in [0.15, 0.2) is 18.3 Å². The number of hydrogen-bond donors (Lipinski definition) is 1. The first-order valence-corrected chi connectivity index (χ1v) is 7.06. The third-order valence-corrected chi connectivity index (χ3v) is 3.43. The molecule has 0 aliphatic heterocycles. The van der Waals surface area contributed by atoms with Crippen molar-refractivity contribution < 1.29 is 22.3 Å². The lowest BCUT2D eigenvalue weighted by Crippen LogP contribution is -2.09. The van der Waals surface area contributed by atoms with Crippen LogP contribution in [0.25, 0.3) is 0 Å². The molecular formula is C15H13F4N3O. The van der Waals surface area contributed by atoms with E-state index in [0.29, 0.717) is 24.0 Å². The summed E-state index contributed by atoms with van der Waals surface area (Å²) in [7, 11) is 0. The van der Waals surface area contributed by atoms with Crippen molar-refractivity contribution in [3.8, 4) is 5.88 Å². The second-order valence-corrected chi connectivity index (χ2v) is 5.31. The van der Waals surface area contributed by atoms with E-state index in [1.807, 2.05) is 0 Å². The van der Waals surface area contributed by atoms with Crippen LogP contribution in [0.2, 0.25) is 0 Å². The van der Waals surface area contributed by atoms with Gasteiger partial charge in [0.15, 0.2) is 0 Å². The molecule has 8 heteroatoms. The van der Waals surface area contributed by atoms with Gasteiger partial charge in [0.25, 0.3) is 11.9 Å². The van der Waals surface area contributed by atoms with Gasteiger partial charge in [-0.3, -0.25) is 0 Å².